The summed E-state index contributed by atoms with van der Waals surface area (Å²) in [4.78, 5) is 17.6. The second-order valence-electron chi connectivity index (χ2n) is 5.80. The molecule has 4 rings (SSSR count). The number of hydrogen-bond acceptors (Lipinski definition) is 4. The zero-order chi connectivity index (χ0) is 16.5. The fourth-order valence-electron chi connectivity index (χ4n) is 3.02. The van der Waals surface area contributed by atoms with Crippen LogP contribution in [0.5, 0.6) is 0 Å². The highest BCUT2D eigenvalue weighted by Crippen LogP contribution is 2.31. The van der Waals surface area contributed by atoms with Crippen molar-refractivity contribution in [1.82, 2.24) is 14.8 Å². The normalized spacial score (nSPS) is 13.0. The number of nitrogens with one attached hydrogen (secondary N) is 1. The Labute approximate surface area is 144 Å². The molecule has 0 atom stereocenters. The fraction of sp³-hybridized carbons (Fsp3) is 0.278. The number of nitrogens with zero attached hydrogens (tertiary/aromatic N) is 3. The lowest BCUT2D eigenvalue weighted by Crippen LogP contribution is -2.15. The van der Waals surface area contributed by atoms with E-state index in [9.17, 15) is 4.79 Å². The molecule has 1 aliphatic rings. The van der Waals surface area contributed by atoms with Gasteiger partial charge < -0.3 is 5.32 Å². The first-order chi connectivity index (χ1) is 11.8. The molecule has 0 saturated carbocycles. The molecule has 2 aromatic heterocycles. The first-order valence-corrected chi connectivity index (χ1v) is 9.00. The number of benzene rings is 1. The molecule has 122 valence electrons. The van der Waals surface area contributed by atoms with Gasteiger partial charge >= 0.3 is 0 Å². The molecule has 1 aromatic carbocycles. The molecule has 0 unspecified atom stereocenters. The van der Waals surface area contributed by atoms with Crippen molar-refractivity contribution < 1.29 is 4.79 Å². The molecule has 6 heteroatoms. The van der Waals surface area contributed by atoms with Gasteiger partial charge in [-0.25, -0.2) is 9.67 Å². The summed E-state index contributed by atoms with van der Waals surface area (Å²) < 4.78 is 1.85. The van der Waals surface area contributed by atoms with E-state index in [0.717, 1.165) is 53.5 Å². The van der Waals surface area contributed by atoms with Crippen LogP contribution in [0.15, 0.2) is 36.5 Å². The third-order valence-corrected chi connectivity index (χ3v) is 5.36. The lowest BCUT2D eigenvalue weighted by atomic mass is 10.2. The first kappa shape index (κ1) is 15.1. The monoisotopic (exact) mass is 338 g/mol. The molecule has 1 N–H and O–H groups in total. The van der Waals surface area contributed by atoms with Crippen molar-refractivity contribution in [2.75, 3.05) is 5.32 Å². The van der Waals surface area contributed by atoms with Gasteiger partial charge in [-0.1, -0.05) is 25.1 Å². The zero-order valence-electron chi connectivity index (χ0n) is 13.5. The van der Waals surface area contributed by atoms with Crippen LogP contribution >= 0.6 is 11.3 Å². The van der Waals surface area contributed by atoms with E-state index in [-0.39, 0.29) is 5.91 Å². The first-order valence-electron chi connectivity index (χ1n) is 8.18. The predicted molar refractivity (Wildman–Crippen MR) is 95.0 cm³/mol. The molecule has 0 saturated heterocycles. The maximum absolute atomic E-state index is 12.6. The van der Waals surface area contributed by atoms with Crippen molar-refractivity contribution >= 4 is 23.1 Å². The number of anilines is 1. The number of carbonyl (C=O) groups is 1. The third kappa shape index (κ3) is 2.63. The number of fused-ring (bicyclic) bond motifs is 1. The van der Waals surface area contributed by atoms with Crippen LogP contribution in [0.4, 0.5) is 5.82 Å². The average Bonchev–Trinajstić information content (AvgIpc) is 3.32. The summed E-state index contributed by atoms with van der Waals surface area (Å²) in [7, 11) is 0. The highest BCUT2D eigenvalue weighted by atomic mass is 32.1. The standard InChI is InChI=1S/C18H18N4OS/c1-2-16-19-11-15(24-16)18(23)20-17-13-9-6-10-14(13)21-22(17)12-7-4-3-5-8-12/h3-5,7-8,11H,2,6,9-10H2,1H3,(H,20,23). The summed E-state index contributed by atoms with van der Waals surface area (Å²) in [5.74, 6) is 0.684. The molecule has 0 bridgehead atoms. The number of amides is 1. The Bertz CT molecular complexity index is 882. The number of carbonyl (C=O) groups excluding carboxylic acids is 1. The Morgan fingerprint density at radius 3 is 2.88 bits per heavy atom. The van der Waals surface area contributed by atoms with Crippen LogP contribution in [0.3, 0.4) is 0 Å². The predicted octanol–water partition coefficient (Wildman–Crippen LogP) is 3.63. The number of aryl methyl sites for hydroxylation is 2. The highest BCUT2D eigenvalue weighted by Gasteiger charge is 2.25. The summed E-state index contributed by atoms with van der Waals surface area (Å²) in [6.45, 7) is 2.04. The van der Waals surface area contributed by atoms with Gasteiger partial charge in [0.2, 0.25) is 0 Å². The lowest BCUT2D eigenvalue weighted by molar-refractivity contribution is 0.102. The van der Waals surface area contributed by atoms with Gasteiger partial charge in [0.05, 0.1) is 22.6 Å². The van der Waals surface area contributed by atoms with Gasteiger partial charge in [-0.15, -0.1) is 11.3 Å². The molecular weight excluding hydrogens is 320 g/mol. The number of para-hydroxylation sites is 1. The number of hydrogen-bond donors (Lipinski definition) is 1. The van der Waals surface area contributed by atoms with Crippen molar-refractivity contribution in [2.45, 2.75) is 32.6 Å². The average molecular weight is 338 g/mol. The highest BCUT2D eigenvalue weighted by molar-refractivity contribution is 7.13. The molecule has 0 fully saturated rings. The Morgan fingerprint density at radius 1 is 1.29 bits per heavy atom. The summed E-state index contributed by atoms with van der Waals surface area (Å²) >= 11 is 1.44. The fourth-order valence-corrected chi connectivity index (χ4v) is 3.78. The van der Waals surface area contributed by atoms with Crippen LogP contribution < -0.4 is 5.32 Å². The van der Waals surface area contributed by atoms with E-state index in [1.54, 1.807) is 6.20 Å². The molecule has 2 heterocycles. The van der Waals surface area contributed by atoms with E-state index in [0.29, 0.717) is 4.88 Å². The van der Waals surface area contributed by atoms with Gasteiger partial charge in [-0.3, -0.25) is 4.79 Å². The van der Waals surface area contributed by atoms with Crippen LogP contribution in [-0.4, -0.2) is 20.7 Å². The van der Waals surface area contributed by atoms with Gasteiger partial charge in [0.25, 0.3) is 5.91 Å². The van der Waals surface area contributed by atoms with Crippen LogP contribution in [-0.2, 0) is 19.3 Å². The molecule has 0 radical (unpaired) electrons. The van der Waals surface area contributed by atoms with Crippen LogP contribution in [0.2, 0.25) is 0 Å². The minimum Gasteiger partial charge on any atom is -0.305 e. The molecule has 3 aromatic rings. The quantitative estimate of drug-likeness (QED) is 0.790. The van der Waals surface area contributed by atoms with E-state index < -0.39 is 0 Å². The minimum absolute atomic E-state index is 0.112. The summed E-state index contributed by atoms with van der Waals surface area (Å²) in [6, 6.07) is 9.93. The number of thiazole rings is 1. The second kappa shape index (κ2) is 6.20. The Kier molecular flexibility index (Phi) is 3.90. The van der Waals surface area contributed by atoms with Gasteiger partial charge in [0.1, 0.15) is 10.7 Å². The molecule has 5 nitrogen and oxygen atoms in total. The van der Waals surface area contributed by atoms with Crippen LogP contribution in [0.1, 0.15) is 39.3 Å². The van der Waals surface area contributed by atoms with Gasteiger partial charge in [0, 0.05) is 5.56 Å². The van der Waals surface area contributed by atoms with E-state index in [4.69, 9.17) is 5.10 Å². The third-order valence-electron chi connectivity index (χ3n) is 4.22. The molecule has 1 aliphatic carbocycles. The topological polar surface area (TPSA) is 59.8 Å². The molecule has 0 spiro atoms. The van der Waals surface area contributed by atoms with Crippen molar-refractivity contribution in [3.8, 4) is 5.69 Å². The van der Waals surface area contributed by atoms with Gasteiger partial charge in [0.15, 0.2) is 0 Å². The Morgan fingerprint density at radius 2 is 2.12 bits per heavy atom. The molecule has 0 aliphatic heterocycles. The van der Waals surface area contributed by atoms with E-state index in [2.05, 4.69) is 10.3 Å². The molecular formula is C18H18N4OS. The summed E-state index contributed by atoms with van der Waals surface area (Å²) in [5.41, 5.74) is 3.21. The van der Waals surface area contributed by atoms with Gasteiger partial charge in [-0.2, -0.15) is 5.10 Å². The molecule has 1 amide bonds. The number of rotatable bonds is 4. The van der Waals surface area contributed by atoms with Crippen molar-refractivity contribution in [3.63, 3.8) is 0 Å². The Balaban J connectivity index is 1.70. The zero-order valence-corrected chi connectivity index (χ0v) is 14.3. The lowest BCUT2D eigenvalue weighted by Gasteiger charge is -2.10. The van der Waals surface area contributed by atoms with Crippen molar-refractivity contribution in [3.05, 3.63) is 57.7 Å². The summed E-state index contributed by atoms with van der Waals surface area (Å²) in [6.07, 6.45) is 5.52. The van der Waals surface area contributed by atoms with E-state index in [1.807, 2.05) is 41.9 Å². The molecule has 24 heavy (non-hydrogen) atoms. The van der Waals surface area contributed by atoms with Crippen LogP contribution in [0.25, 0.3) is 5.69 Å². The Hall–Kier alpha value is -2.47. The summed E-state index contributed by atoms with van der Waals surface area (Å²) in [5, 5.41) is 8.77. The van der Waals surface area contributed by atoms with E-state index in [1.165, 1.54) is 11.3 Å². The second-order valence-corrected chi connectivity index (χ2v) is 6.92. The SMILES string of the molecule is CCc1ncc(C(=O)Nc2c3c(nn2-c2ccccc2)CCC3)s1. The maximum Gasteiger partial charge on any atom is 0.268 e. The smallest absolute Gasteiger partial charge is 0.268 e. The van der Waals surface area contributed by atoms with E-state index >= 15 is 0 Å². The largest absolute Gasteiger partial charge is 0.305 e. The van der Waals surface area contributed by atoms with Crippen molar-refractivity contribution in [1.29, 1.82) is 0 Å². The van der Waals surface area contributed by atoms with Gasteiger partial charge in [-0.05, 0) is 37.8 Å². The van der Waals surface area contributed by atoms with Crippen molar-refractivity contribution in [2.24, 2.45) is 0 Å². The van der Waals surface area contributed by atoms with Crippen LogP contribution in [0, 0.1) is 0 Å². The number of aromatic nitrogens is 3. The minimum atomic E-state index is -0.112. The maximum atomic E-state index is 12.6.